The molecule has 3 heteroatoms. The van der Waals surface area contributed by atoms with E-state index in [0.29, 0.717) is 12.8 Å². The van der Waals surface area contributed by atoms with Crippen LogP contribution in [0.15, 0.2) is 12.7 Å². The number of carboxylic acid groups (broad SMARTS) is 1. The molecule has 3 N–H and O–H groups in total. The van der Waals surface area contributed by atoms with Crippen molar-refractivity contribution in [2.24, 2.45) is 5.73 Å². The first kappa shape index (κ1) is 13.7. The fourth-order valence-electron chi connectivity index (χ4n) is 0.349. The Kier molecular flexibility index (Phi) is 7.85. The lowest BCUT2D eigenvalue weighted by atomic mass is 10.3. The lowest BCUT2D eigenvalue weighted by Gasteiger charge is -1.95. The largest absolute Gasteiger partial charge is 0.480 e. The molecule has 1 saturated carbocycles. The summed E-state index contributed by atoms with van der Waals surface area (Å²) in [4.78, 5) is 9.96. The molecule has 0 bridgehead atoms. The third kappa shape index (κ3) is 5.92. The fourth-order valence-corrected chi connectivity index (χ4v) is 0.349. The van der Waals surface area contributed by atoms with Gasteiger partial charge in [-0.2, -0.15) is 0 Å². The molecule has 0 aromatic rings. The average Bonchev–Trinajstić information content (AvgIpc) is 2.75. The van der Waals surface area contributed by atoms with Crippen LogP contribution in [0, 0.1) is 0 Å². The fraction of sp³-hybridized carbons (Fsp3) is 0.667. The van der Waals surface area contributed by atoms with Gasteiger partial charge in [-0.1, -0.05) is 19.9 Å². The molecule has 1 fully saturated rings. The van der Waals surface area contributed by atoms with E-state index in [-0.39, 0.29) is 0 Å². The number of hydrogen-bond acceptors (Lipinski definition) is 2. The molecule has 1 aliphatic rings. The van der Waals surface area contributed by atoms with Crippen LogP contribution >= 0.6 is 0 Å². The summed E-state index contributed by atoms with van der Waals surface area (Å²) in [6.07, 6.45) is 3.03. The number of hydrogen-bond donors (Lipinski definition) is 2. The summed E-state index contributed by atoms with van der Waals surface area (Å²) in [7, 11) is 0. The molecular formula is C9H19NO2. The summed E-state index contributed by atoms with van der Waals surface area (Å²) in [5.74, 6) is -0.868. The highest BCUT2D eigenvalue weighted by Crippen LogP contribution is 2.31. The first-order valence-electron chi connectivity index (χ1n) is 4.16. The van der Waals surface area contributed by atoms with E-state index >= 15 is 0 Å². The van der Waals surface area contributed by atoms with Crippen molar-refractivity contribution >= 4 is 5.97 Å². The Hall–Kier alpha value is -0.830. The summed E-state index contributed by atoms with van der Waals surface area (Å²) in [5, 5.41) is 8.19. The minimum absolute atomic E-state index is 0.641. The van der Waals surface area contributed by atoms with Gasteiger partial charge in [0.15, 0.2) is 0 Å². The Morgan fingerprint density at radius 2 is 1.83 bits per heavy atom. The summed E-state index contributed by atoms with van der Waals surface area (Å²) in [6, 6.07) is 0. The number of nitrogens with two attached hydrogens (primary N) is 1. The van der Waals surface area contributed by atoms with Crippen LogP contribution in [0.25, 0.3) is 0 Å². The maximum Gasteiger partial charge on any atom is 0.323 e. The van der Waals surface area contributed by atoms with Gasteiger partial charge in [0.25, 0.3) is 0 Å². The van der Waals surface area contributed by atoms with E-state index in [1.54, 1.807) is 6.08 Å². The zero-order valence-electron chi connectivity index (χ0n) is 8.13. The summed E-state index contributed by atoms with van der Waals surface area (Å²) >= 11 is 0. The van der Waals surface area contributed by atoms with E-state index in [1.807, 2.05) is 20.8 Å². The first-order chi connectivity index (χ1) is 5.56. The molecule has 0 aliphatic heterocycles. The van der Waals surface area contributed by atoms with Gasteiger partial charge in [-0.05, 0) is 19.8 Å². The Labute approximate surface area is 74.3 Å². The Balaban J connectivity index is 0. The third-order valence-electron chi connectivity index (χ3n) is 1.21. The maximum absolute atomic E-state index is 9.96. The summed E-state index contributed by atoms with van der Waals surface area (Å²) in [5.41, 5.74) is 4.36. The zero-order valence-corrected chi connectivity index (χ0v) is 8.13. The van der Waals surface area contributed by atoms with E-state index < -0.39 is 11.5 Å². The van der Waals surface area contributed by atoms with Crippen LogP contribution in [0.1, 0.15) is 33.6 Å². The topological polar surface area (TPSA) is 63.3 Å². The second-order valence-corrected chi connectivity index (χ2v) is 2.37. The highest BCUT2D eigenvalue weighted by molar-refractivity contribution is 5.81. The van der Waals surface area contributed by atoms with Gasteiger partial charge in [-0.25, -0.2) is 0 Å². The molecule has 0 spiro atoms. The molecule has 1 aliphatic carbocycles. The van der Waals surface area contributed by atoms with Gasteiger partial charge in [0.1, 0.15) is 5.54 Å². The average molecular weight is 173 g/mol. The normalized spacial score (nSPS) is 15.7. The summed E-state index contributed by atoms with van der Waals surface area (Å²) in [6.45, 7) is 9.25. The van der Waals surface area contributed by atoms with E-state index in [9.17, 15) is 4.79 Å². The van der Waals surface area contributed by atoms with Crippen LogP contribution in [0.2, 0.25) is 0 Å². The maximum atomic E-state index is 9.96. The SMILES string of the molecule is C=CC.CC.NC1(C(=O)O)CC1. The lowest BCUT2D eigenvalue weighted by Crippen LogP contribution is -2.31. The molecule has 0 heterocycles. The van der Waals surface area contributed by atoms with Crippen molar-refractivity contribution in [1.82, 2.24) is 0 Å². The lowest BCUT2D eigenvalue weighted by molar-refractivity contribution is -0.139. The van der Waals surface area contributed by atoms with Crippen LogP contribution in [0.3, 0.4) is 0 Å². The zero-order chi connectivity index (χ0) is 10.2. The molecular weight excluding hydrogens is 154 g/mol. The highest BCUT2D eigenvalue weighted by Gasteiger charge is 2.46. The first-order valence-corrected chi connectivity index (χ1v) is 4.16. The predicted molar refractivity (Wildman–Crippen MR) is 51.0 cm³/mol. The number of carbonyl (C=O) groups is 1. The number of rotatable bonds is 1. The van der Waals surface area contributed by atoms with Crippen LogP contribution in [-0.2, 0) is 4.79 Å². The van der Waals surface area contributed by atoms with Crippen LogP contribution in [0.5, 0.6) is 0 Å². The Morgan fingerprint density at radius 1 is 1.58 bits per heavy atom. The molecule has 0 unspecified atom stereocenters. The smallest absolute Gasteiger partial charge is 0.323 e. The molecule has 0 atom stereocenters. The van der Waals surface area contributed by atoms with Crippen molar-refractivity contribution in [1.29, 1.82) is 0 Å². The van der Waals surface area contributed by atoms with Crippen molar-refractivity contribution in [3.63, 3.8) is 0 Å². The molecule has 0 aromatic heterocycles. The van der Waals surface area contributed by atoms with E-state index in [0.717, 1.165) is 0 Å². The Bertz CT molecular complexity index is 139. The predicted octanol–water partition coefficient (Wildman–Crippen LogP) is 1.78. The molecule has 0 aromatic carbocycles. The molecule has 0 amide bonds. The van der Waals surface area contributed by atoms with E-state index in [4.69, 9.17) is 10.8 Å². The van der Waals surface area contributed by atoms with E-state index in [1.165, 1.54) is 0 Å². The number of aliphatic carboxylic acids is 1. The second kappa shape index (κ2) is 6.85. The van der Waals surface area contributed by atoms with Crippen molar-refractivity contribution in [2.45, 2.75) is 39.2 Å². The minimum atomic E-state index is -0.868. The molecule has 12 heavy (non-hydrogen) atoms. The van der Waals surface area contributed by atoms with Gasteiger partial charge in [0.05, 0.1) is 0 Å². The Morgan fingerprint density at radius 3 is 1.83 bits per heavy atom. The minimum Gasteiger partial charge on any atom is -0.480 e. The van der Waals surface area contributed by atoms with Crippen molar-refractivity contribution < 1.29 is 9.90 Å². The van der Waals surface area contributed by atoms with Crippen LogP contribution in [-0.4, -0.2) is 16.6 Å². The molecule has 0 radical (unpaired) electrons. The van der Waals surface area contributed by atoms with Gasteiger partial charge >= 0.3 is 5.97 Å². The molecule has 72 valence electrons. The highest BCUT2D eigenvalue weighted by atomic mass is 16.4. The standard InChI is InChI=1S/C4H7NO2.C3H6.C2H6/c5-4(1-2-4)3(6)7;1-3-2;1-2/h1-2,5H2,(H,6,7);3H,1H2,2H3;1-2H3. The number of carboxylic acids is 1. The second-order valence-electron chi connectivity index (χ2n) is 2.37. The van der Waals surface area contributed by atoms with Crippen LogP contribution in [0.4, 0.5) is 0 Å². The van der Waals surface area contributed by atoms with Crippen molar-refractivity contribution in [3.8, 4) is 0 Å². The third-order valence-corrected chi connectivity index (χ3v) is 1.21. The van der Waals surface area contributed by atoms with Gasteiger partial charge < -0.3 is 10.8 Å². The van der Waals surface area contributed by atoms with Crippen molar-refractivity contribution in [2.75, 3.05) is 0 Å². The van der Waals surface area contributed by atoms with Crippen LogP contribution < -0.4 is 5.73 Å². The molecule has 3 nitrogen and oxygen atoms in total. The number of allylic oxidation sites excluding steroid dienone is 1. The summed E-state index contributed by atoms with van der Waals surface area (Å²) < 4.78 is 0. The monoisotopic (exact) mass is 173 g/mol. The van der Waals surface area contributed by atoms with E-state index in [2.05, 4.69) is 6.58 Å². The van der Waals surface area contributed by atoms with Gasteiger partial charge in [0.2, 0.25) is 0 Å². The van der Waals surface area contributed by atoms with Gasteiger partial charge in [0, 0.05) is 0 Å². The molecule has 1 rings (SSSR count). The van der Waals surface area contributed by atoms with Gasteiger partial charge in [-0.3, -0.25) is 4.79 Å². The van der Waals surface area contributed by atoms with Crippen molar-refractivity contribution in [3.05, 3.63) is 12.7 Å². The molecule has 0 saturated heterocycles. The van der Waals surface area contributed by atoms with Gasteiger partial charge in [-0.15, -0.1) is 6.58 Å². The quantitative estimate of drug-likeness (QED) is 0.594.